The number of phenolic OH excluding ortho intramolecular Hbond substituents is 1. The number of ketones is 2. The van der Waals surface area contributed by atoms with Crippen molar-refractivity contribution in [3.8, 4) is 5.75 Å². The van der Waals surface area contributed by atoms with E-state index in [1.54, 1.807) is 12.1 Å². The van der Waals surface area contributed by atoms with Crippen LogP contribution in [0.1, 0.15) is 143 Å². The van der Waals surface area contributed by atoms with Crippen molar-refractivity contribution in [3.63, 3.8) is 0 Å². The topological polar surface area (TPSA) is 87.1 Å². The number of ether oxygens (including phenoxy) is 1. The number of Topliss-reactive ketones (excluding diaryl/α,β-unsaturated/α-hetero) is 2. The number of carbonyl (C=O) groups is 2. The maximum Gasteiger partial charge on any atom is 0.160 e. The van der Waals surface area contributed by atoms with Gasteiger partial charge in [0.15, 0.2) is 5.78 Å². The van der Waals surface area contributed by atoms with E-state index < -0.39 is 11.5 Å². The normalized spacial score (nSPS) is 42.6. The molecule has 10 atom stereocenters. The monoisotopic (exact) mass is 644 g/mol. The van der Waals surface area contributed by atoms with Gasteiger partial charge in [-0.1, -0.05) is 78.5 Å². The van der Waals surface area contributed by atoms with Gasteiger partial charge in [-0.2, -0.15) is 0 Å². The Kier molecular flexibility index (Phi) is 8.04. The Hall–Kier alpha value is -1.98. The first-order valence-electron chi connectivity index (χ1n) is 19.1. The zero-order valence-corrected chi connectivity index (χ0v) is 30.2. The summed E-state index contributed by atoms with van der Waals surface area (Å²) >= 11 is 0. The molecule has 0 bridgehead atoms. The minimum Gasteiger partial charge on any atom is -0.508 e. The number of epoxide rings is 1. The van der Waals surface area contributed by atoms with Gasteiger partial charge in [0, 0.05) is 23.2 Å². The standard InChI is InChI=1S/C42H60O5/c1-8-12-26(22-31(44)37-42(7,47-37)27-14-9-10-15-27)35-30-17-18-34-39(4)23-29(25-13-11-16-28(43)21-25)36(46)38(2,3)33(39)19-20-40(34,5)41(30,6)24-32(35)45/h11,13,16,21,26-27,29,31,33-34,37,43-44H,8-10,12,14-15,17-20,22-24H2,1-7H3. The summed E-state index contributed by atoms with van der Waals surface area (Å²) in [4.78, 5) is 28.5. The van der Waals surface area contributed by atoms with E-state index in [1.165, 1.54) is 31.3 Å². The molecule has 0 amide bonds. The van der Waals surface area contributed by atoms with Crippen LogP contribution in [0.25, 0.3) is 0 Å². The van der Waals surface area contributed by atoms with Crippen LogP contribution in [0, 0.1) is 45.3 Å². The van der Waals surface area contributed by atoms with Gasteiger partial charge in [0.05, 0.1) is 11.7 Å². The summed E-state index contributed by atoms with van der Waals surface area (Å²) in [6.45, 7) is 16.1. The number of fused-ring (bicyclic) bond motifs is 5. The number of hydrogen-bond acceptors (Lipinski definition) is 5. The van der Waals surface area contributed by atoms with Crippen molar-refractivity contribution in [1.29, 1.82) is 0 Å². The average molecular weight is 645 g/mol. The molecular formula is C42H60O5. The molecule has 1 aliphatic heterocycles. The smallest absolute Gasteiger partial charge is 0.160 e. The lowest BCUT2D eigenvalue weighted by molar-refractivity contribution is -0.183. The molecule has 258 valence electrons. The highest BCUT2D eigenvalue weighted by molar-refractivity contribution is 6.00. The number of phenols is 1. The third-order valence-corrected chi connectivity index (χ3v) is 15.8. The van der Waals surface area contributed by atoms with Gasteiger partial charge in [-0.25, -0.2) is 0 Å². The Labute approximate surface area is 283 Å². The Morgan fingerprint density at radius 1 is 0.979 bits per heavy atom. The quantitative estimate of drug-likeness (QED) is 0.276. The Bertz CT molecular complexity index is 1470. The molecule has 0 aromatic heterocycles. The first-order chi connectivity index (χ1) is 22.1. The van der Waals surface area contributed by atoms with Crippen LogP contribution in [0.3, 0.4) is 0 Å². The van der Waals surface area contributed by atoms with Gasteiger partial charge in [-0.15, -0.1) is 0 Å². The van der Waals surface area contributed by atoms with Crippen molar-refractivity contribution >= 4 is 11.6 Å². The summed E-state index contributed by atoms with van der Waals surface area (Å²) in [6.07, 6.45) is 12.2. The van der Waals surface area contributed by atoms with Crippen molar-refractivity contribution < 1.29 is 24.5 Å². The molecule has 6 aliphatic rings. The van der Waals surface area contributed by atoms with Gasteiger partial charge in [0.1, 0.15) is 17.6 Å². The number of allylic oxidation sites excluding steroid dienone is 2. The number of benzene rings is 1. The van der Waals surface area contributed by atoms with Gasteiger partial charge in [0.2, 0.25) is 0 Å². The third-order valence-electron chi connectivity index (χ3n) is 15.8. The van der Waals surface area contributed by atoms with E-state index in [0.717, 1.165) is 56.1 Å². The van der Waals surface area contributed by atoms with E-state index in [-0.39, 0.29) is 51.5 Å². The molecule has 5 nitrogen and oxygen atoms in total. The molecule has 5 heteroatoms. The predicted octanol–water partition coefficient (Wildman–Crippen LogP) is 9.10. The summed E-state index contributed by atoms with van der Waals surface area (Å²) in [5, 5.41) is 21.9. The minimum atomic E-state index is -0.539. The maximum atomic E-state index is 14.3. The lowest BCUT2D eigenvalue weighted by Crippen LogP contribution is -2.63. The van der Waals surface area contributed by atoms with Gasteiger partial charge < -0.3 is 14.9 Å². The van der Waals surface area contributed by atoms with Crippen LogP contribution in [0.15, 0.2) is 35.4 Å². The SMILES string of the molecule is CCCC(CC(O)C1OC1(C)C1CCCC1)C1=C2CCC3C4(C)CC(c5cccc(O)c5)C(=O)C(C)(C)C4CCC3(C)C2(C)CC1=O. The molecular weight excluding hydrogens is 584 g/mol. The Balaban J connectivity index is 1.20. The zero-order valence-electron chi connectivity index (χ0n) is 30.2. The van der Waals surface area contributed by atoms with E-state index in [2.05, 4.69) is 48.5 Å². The lowest BCUT2D eigenvalue weighted by Gasteiger charge is -2.68. The molecule has 1 saturated heterocycles. The van der Waals surface area contributed by atoms with Gasteiger partial charge in [-0.05, 0) is 122 Å². The number of aliphatic hydroxyl groups excluding tert-OH is 1. The molecule has 0 radical (unpaired) electrons. The van der Waals surface area contributed by atoms with E-state index in [4.69, 9.17) is 4.74 Å². The molecule has 2 N–H and O–H groups in total. The second kappa shape index (κ2) is 11.3. The zero-order chi connectivity index (χ0) is 33.7. The largest absolute Gasteiger partial charge is 0.508 e. The number of carbonyl (C=O) groups excluding carboxylic acids is 2. The molecule has 10 unspecified atom stereocenters. The predicted molar refractivity (Wildman–Crippen MR) is 185 cm³/mol. The number of aromatic hydroxyl groups is 1. The summed E-state index contributed by atoms with van der Waals surface area (Å²) < 4.78 is 6.28. The van der Waals surface area contributed by atoms with Crippen LogP contribution >= 0.6 is 0 Å². The minimum absolute atomic E-state index is 0.0564. The highest BCUT2D eigenvalue weighted by Crippen LogP contribution is 2.75. The van der Waals surface area contributed by atoms with Crippen LogP contribution in [0.5, 0.6) is 5.75 Å². The second-order valence-corrected chi connectivity index (χ2v) is 18.4. The average Bonchev–Trinajstić information content (AvgIpc) is 3.31. The molecule has 1 aromatic carbocycles. The Morgan fingerprint density at radius 3 is 2.38 bits per heavy atom. The van der Waals surface area contributed by atoms with E-state index in [9.17, 15) is 19.8 Å². The van der Waals surface area contributed by atoms with Crippen LogP contribution < -0.4 is 0 Å². The molecule has 5 aliphatic carbocycles. The summed E-state index contributed by atoms with van der Waals surface area (Å²) in [5.74, 6) is 1.90. The molecule has 5 fully saturated rings. The van der Waals surface area contributed by atoms with Gasteiger partial charge in [-0.3, -0.25) is 9.59 Å². The van der Waals surface area contributed by atoms with Crippen molar-refractivity contribution in [3.05, 3.63) is 41.0 Å². The molecule has 1 aromatic rings. The summed E-state index contributed by atoms with van der Waals surface area (Å²) in [6, 6.07) is 7.36. The van der Waals surface area contributed by atoms with E-state index in [0.29, 0.717) is 36.2 Å². The fraction of sp³-hybridized carbons (Fsp3) is 0.762. The van der Waals surface area contributed by atoms with Crippen molar-refractivity contribution in [1.82, 2.24) is 0 Å². The van der Waals surface area contributed by atoms with Crippen molar-refractivity contribution in [2.75, 3.05) is 0 Å². The fourth-order valence-electron chi connectivity index (χ4n) is 13.2. The van der Waals surface area contributed by atoms with Crippen molar-refractivity contribution in [2.45, 2.75) is 156 Å². The fourth-order valence-corrected chi connectivity index (χ4v) is 13.2. The highest BCUT2D eigenvalue weighted by Gasteiger charge is 2.69. The molecule has 47 heavy (non-hydrogen) atoms. The van der Waals surface area contributed by atoms with Crippen LogP contribution in [-0.4, -0.2) is 39.6 Å². The van der Waals surface area contributed by atoms with Crippen molar-refractivity contribution in [2.24, 2.45) is 45.3 Å². The number of hydrogen-bond donors (Lipinski definition) is 2. The number of rotatable bonds is 8. The van der Waals surface area contributed by atoms with Crippen LogP contribution in [0.2, 0.25) is 0 Å². The van der Waals surface area contributed by atoms with Gasteiger partial charge >= 0.3 is 0 Å². The van der Waals surface area contributed by atoms with Crippen LogP contribution in [-0.2, 0) is 14.3 Å². The van der Waals surface area contributed by atoms with E-state index >= 15 is 0 Å². The lowest BCUT2D eigenvalue weighted by atomic mass is 9.35. The summed E-state index contributed by atoms with van der Waals surface area (Å²) in [5.41, 5.74) is 2.38. The van der Waals surface area contributed by atoms with Gasteiger partial charge in [0.25, 0.3) is 0 Å². The first-order valence-corrected chi connectivity index (χ1v) is 19.1. The third kappa shape index (κ3) is 4.82. The molecule has 1 heterocycles. The molecule has 4 saturated carbocycles. The highest BCUT2D eigenvalue weighted by atomic mass is 16.6. The van der Waals surface area contributed by atoms with E-state index in [1.807, 2.05) is 12.1 Å². The Morgan fingerprint density at radius 2 is 1.70 bits per heavy atom. The summed E-state index contributed by atoms with van der Waals surface area (Å²) in [7, 11) is 0. The maximum absolute atomic E-state index is 14.3. The molecule has 0 spiro atoms. The molecule has 7 rings (SSSR count). The first kappa shape index (κ1) is 33.5. The number of aliphatic hydroxyl groups is 1. The second-order valence-electron chi connectivity index (χ2n) is 18.4. The van der Waals surface area contributed by atoms with Crippen LogP contribution in [0.4, 0.5) is 0 Å².